The van der Waals surface area contributed by atoms with Gasteiger partial charge in [0.25, 0.3) is 0 Å². The van der Waals surface area contributed by atoms with Crippen molar-refractivity contribution in [2.45, 2.75) is 38.1 Å². The summed E-state index contributed by atoms with van der Waals surface area (Å²) >= 11 is 1.71. The number of nitrogens with one attached hydrogen (secondary N) is 1. The zero-order valence-electron chi connectivity index (χ0n) is 8.33. The molecule has 0 radical (unpaired) electrons. The monoisotopic (exact) mass is 208 g/mol. The maximum atomic E-state index is 4.37. The van der Waals surface area contributed by atoms with Crippen molar-refractivity contribution in [3.05, 3.63) is 16.6 Å². The topological polar surface area (TPSA) is 24.9 Å². The normalized spacial score (nSPS) is 23.7. The largest absolute Gasteiger partial charge is 0.313 e. The van der Waals surface area contributed by atoms with E-state index in [2.05, 4.69) is 15.7 Å². The number of aromatic nitrogens is 1. The summed E-state index contributed by atoms with van der Waals surface area (Å²) < 4.78 is 0. The third-order valence-corrected chi connectivity index (χ3v) is 3.98. The summed E-state index contributed by atoms with van der Waals surface area (Å²) in [6.45, 7) is 1.22. The van der Waals surface area contributed by atoms with Gasteiger partial charge in [0.1, 0.15) is 0 Å². The van der Waals surface area contributed by atoms with Gasteiger partial charge in [0, 0.05) is 18.0 Å². The molecule has 1 aromatic rings. The van der Waals surface area contributed by atoms with Crippen LogP contribution in [0.15, 0.2) is 10.9 Å². The highest BCUT2D eigenvalue weighted by atomic mass is 32.1. The average molecular weight is 208 g/mol. The van der Waals surface area contributed by atoms with Crippen molar-refractivity contribution < 1.29 is 0 Å². The van der Waals surface area contributed by atoms with E-state index in [1.165, 1.54) is 44.3 Å². The maximum Gasteiger partial charge on any atom is 0.0794 e. The maximum absolute atomic E-state index is 4.37. The summed E-state index contributed by atoms with van der Waals surface area (Å²) in [5.41, 5.74) is 3.82. The Bertz CT molecular complexity index is 299. The second kappa shape index (κ2) is 3.31. The summed E-state index contributed by atoms with van der Waals surface area (Å²) in [5.74, 6) is 0. The summed E-state index contributed by atoms with van der Waals surface area (Å²) in [5, 5.41) is 5.84. The van der Waals surface area contributed by atoms with Crippen LogP contribution in [0.1, 0.15) is 31.4 Å². The van der Waals surface area contributed by atoms with Crippen LogP contribution in [0.5, 0.6) is 0 Å². The lowest BCUT2D eigenvalue weighted by molar-refractivity contribution is 0.450. The Morgan fingerprint density at radius 2 is 2.36 bits per heavy atom. The first kappa shape index (κ1) is 8.86. The van der Waals surface area contributed by atoms with Gasteiger partial charge in [-0.25, -0.2) is 4.98 Å². The van der Waals surface area contributed by atoms with Gasteiger partial charge in [-0.1, -0.05) is 0 Å². The fraction of sp³-hybridized carbons (Fsp3) is 0.727. The number of hydrogen-bond acceptors (Lipinski definition) is 3. The molecular weight excluding hydrogens is 192 g/mol. The van der Waals surface area contributed by atoms with Crippen LogP contribution >= 0.6 is 11.3 Å². The molecule has 0 atom stereocenters. The lowest BCUT2D eigenvalue weighted by Gasteiger charge is -2.14. The molecule has 0 spiro atoms. The molecule has 2 nitrogen and oxygen atoms in total. The Morgan fingerprint density at radius 1 is 1.50 bits per heavy atom. The molecule has 14 heavy (non-hydrogen) atoms. The van der Waals surface area contributed by atoms with Gasteiger partial charge in [0.15, 0.2) is 0 Å². The Balaban J connectivity index is 1.54. The first-order valence-electron chi connectivity index (χ1n) is 5.47. The van der Waals surface area contributed by atoms with Crippen molar-refractivity contribution >= 4 is 11.3 Å². The van der Waals surface area contributed by atoms with E-state index in [-0.39, 0.29) is 0 Å². The molecule has 2 aliphatic rings. The Labute approximate surface area is 88.7 Å². The lowest BCUT2D eigenvalue weighted by atomic mass is 10.0. The summed E-state index contributed by atoms with van der Waals surface area (Å²) in [7, 11) is 0. The van der Waals surface area contributed by atoms with Crippen molar-refractivity contribution in [1.29, 1.82) is 0 Å². The molecule has 1 heterocycles. The van der Waals surface area contributed by atoms with Crippen LogP contribution < -0.4 is 5.32 Å². The van der Waals surface area contributed by atoms with Crippen molar-refractivity contribution in [2.24, 2.45) is 5.41 Å². The number of thiazole rings is 1. The van der Waals surface area contributed by atoms with Gasteiger partial charge in [-0.3, -0.25) is 0 Å². The molecule has 0 bridgehead atoms. The molecule has 1 N–H and O–H groups in total. The number of rotatable bonds is 5. The van der Waals surface area contributed by atoms with E-state index in [0.717, 1.165) is 6.04 Å². The fourth-order valence-corrected chi connectivity index (χ4v) is 2.51. The molecule has 76 valence electrons. The molecule has 2 saturated carbocycles. The van der Waals surface area contributed by atoms with Gasteiger partial charge in [0.2, 0.25) is 0 Å². The molecule has 3 rings (SSSR count). The van der Waals surface area contributed by atoms with Crippen LogP contribution in [0.25, 0.3) is 0 Å². The van der Waals surface area contributed by atoms with Crippen molar-refractivity contribution in [3.63, 3.8) is 0 Å². The van der Waals surface area contributed by atoms with Crippen LogP contribution in [-0.4, -0.2) is 17.6 Å². The van der Waals surface area contributed by atoms with Crippen molar-refractivity contribution in [1.82, 2.24) is 10.3 Å². The van der Waals surface area contributed by atoms with Crippen LogP contribution in [0.4, 0.5) is 0 Å². The Morgan fingerprint density at radius 3 is 2.93 bits per heavy atom. The highest BCUT2D eigenvalue weighted by Crippen LogP contribution is 2.48. The van der Waals surface area contributed by atoms with Crippen LogP contribution in [-0.2, 0) is 6.42 Å². The minimum atomic E-state index is 0.580. The zero-order chi connectivity index (χ0) is 9.43. The Kier molecular flexibility index (Phi) is 2.10. The number of nitrogens with zero attached hydrogens (tertiary/aromatic N) is 1. The van der Waals surface area contributed by atoms with Crippen LogP contribution in [0, 0.1) is 5.41 Å². The second-order valence-corrected chi connectivity index (χ2v) is 5.53. The van der Waals surface area contributed by atoms with E-state index in [1.54, 1.807) is 11.3 Å². The third kappa shape index (κ3) is 1.98. The van der Waals surface area contributed by atoms with Crippen molar-refractivity contribution in [3.8, 4) is 0 Å². The first-order valence-corrected chi connectivity index (χ1v) is 6.41. The predicted molar refractivity (Wildman–Crippen MR) is 58.5 cm³/mol. The molecule has 2 fully saturated rings. The van der Waals surface area contributed by atoms with E-state index in [0.29, 0.717) is 5.41 Å². The minimum absolute atomic E-state index is 0.580. The summed E-state index contributed by atoms with van der Waals surface area (Å²) in [6, 6.07) is 0.850. The fourth-order valence-electron chi connectivity index (χ4n) is 1.95. The third-order valence-electron chi connectivity index (χ3n) is 3.34. The van der Waals surface area contributed by atoms with E-state index in [1.807, 2.05) is 5.51 Å². The molecule has 0 saturated heterocycles. The van der Waals surface area contributed by atoms with Gasteiger partial charge in [-0.15, -0.1) is 11.3 Å². The smallest absolute Gasteiger partial charge is 0.0794 e. The van der Waals surface area contributed by atoms with E-state index >= 15 is 0 Å². The van der Waals surface area contributed by atoms with E-state index in [9.17, 15) is 0 Å². The molecule has 1 aromatic heterocycles. The quantitative estimate of drug-likeness (QED) is 0.802. The molecular formula is C11H16N2S. The molecule has 0 unspecified atom stereocenters. The summed E-state index contributed by atoms with van der Waals surface area (Å²) in [6.07, 6.45) is 6.77. The average Bonchev–Trinajstić information content (AvgIpc) is 3.07. The van der Waals surface area contributed by atoms with Crippen LogP contribution in [0.3, 0.4) is 0 Å². The first-order chi connectivity index (χ1) is 6.86. The number of hydrogen-bond donors (Lipinski definition) is 1. The van der Waals surface area contributed by atoms with Gasteiger partial charge in [-0.05, 0) is 37.5 Å². The minimum Gasteiger partial charge on any atom is -0.313 e. The van der Waals surface area contributed by atoms with Gasteiger partial charge in [0.05, 0.1) is 11.2 Å². The van der Waals surface area contributed by atoms with Gasteiger partial charge in [-0.2, -0.15) is 0 Å². The highest BCUT2D eigenvalue weighted by molar-refractivity contribution is 7.07. The highest BCUT2D eigenvalue weighted by Gasteiger charge is 2.43. The molecule has 2 aliphatic carbocycles. The SMILES string of the molecule is c1nc(CC2(CNC3CC3)CC2)cs1. The van der Waals surface area contributed by atoms with E-state index in [4.69, 9.17) is 0 Å². The molecule has 3 heteroatoms. The van der Waals surface area contributed by atoms with Crippen molar-refractivity contribution in [2.75, 3.05) is 6.54 Å². The molecule has 0 amide bonds. The zero-order valence-corrected chi connectivity index (χ0v) is 9.15. The van der Waals surface area contributed by atoms with Crippen LogP contribution in [0.2, 0.25) is 0 Å². The predicted octanol–water partition coefficient (Wildman–Crippen LogP) is 2.22. The molecule has 0 aromatic carbocycles. The van der Waals surface area contributed by atoms with E-state index < -0.39 is 0 Å². The lowest BCUT2D eigenvalue weighted by Crippen LogP contribution is -2.27. The van der Waals surface area contributed by atoms with Gasteiger partial charge < -0.3 is 5.32 Å². The Hall–Kier alpha value is -0.410. The second-order valence-electron chi connectivity index (χ2n) is 4.81. The molecule has 0 aliphatic heterocycles. The summed E-state index contributed by atoms with van der Waals surface area (Å²) in [4.78, 5) is 4.37. The standard InChI is InChI=1S/C11H16N2S/c1-2-9(1)12-7-11(3-4-11)5-10-6-14-8-13-10/h6,8-9,12H,1-5,7H2. The van der Waals surface area contributed by atoms with Gasteiger partial charge >= 0.3 is 0 Å².